The van der Waals surface area contributed by atoms with Crippen LogP contribution in [0.5, 0.6) is 5.75 Å². The van der Waals surface area contributed by atoms with E-state index in [-0.39, 0.29) is 12.3 Å². The Morgan fingerprint density at radius 3 is 2.59 bits per heavy atom. The number of aliphatic hydroxyl groups is 1. The van der Waals surface area contributed by atoms with Gasteiger partial charge in [-0.25, -0.2) is 0 Å². The van der Waals surface area contributed by atoms with Crippen molar-refractivity contribution in [3.63, 3.8) is 0 Å². The third-order valence-electron chi connectivity index (χ3n) is 4.37. The molecule has 0 fully saturated rings. The molecule has 122 valence electrons. The highest BCUT2D eigenvalue weighted by atomic mass is 16.5. The first-order valence-electron chi connectivity index (χ1n) is 8.17. The average Bonchev–Trinajstić information content (AvgIpc) is 2.81. The third-order valence-corrected chi connectivity index (χ3v) is 4.37. The summed E-state index contributed by atoms with van der Waals surface area (Å²) in [5.74, 6) is 0.144. The molecule has 1 heterocycles. The summed E-state index contributed by atoms with van der Waals surface area (Å²) in [6.07, 6.45) is 4.20. The van der Waals surface area contributed by atoms with Gasteiger partial charge in [0.2, 0.25) is 0 Å². The van der Waals surface area contributed by atoms with Gasteiger partial charge < -0.3 is 14.9 Å². The van der Waals surface area contributed by atoms with Crippen LogP contribution in [0, 0.1) is 0 Å². The third kappa shape index (κ3) is 4.01. The molecular formula is C18H26O4. The Kier molecular flexibility index (Phi) is 5.46. The van der Waals surface area contributed by atoms with Crippen LogP contribution < -0.4 is 4.74 Å². The number of rotatable bonds is 8. The maximum absolute atomic E-state index is 10.9. The van der Waals surface area contributed by atoms with Crippen LogP contribution >= 0.6 is 0 Å². The van der Waals surface area contributed by atoms with Crippen LogP contribution in [0.2, 0.25) is 0 Å². The lowest BCUT2D eigenvalue weighted by atomic mass is 9.81. The van der Waals surface area contributed by atoms with Gasteiger partial charge in [0, 0.05) is 11.5 Å². The Bertz CT molecular complexity index is 518. The Morgan fingerprint density at radius 2 is 2.00 bits per heavy atom. The van der Waals surface area contributed by atoms with Crippen LogP contribution in [-0.2, 0) is 11.2 Å². The molecule has 0 saturated carbocycles. The molecule has 0 aromatic heterocycles. The van der Waals surface area contributed by atoms with Crippen LogP contribution in [0.25, 0.3) is 0 Å². The minimum absolute atomic E-state index is 0.0220. The maximum Gasteiger partial charge on any atom is 0.307 e. The van der Waals surface area contributed by atoms with Gasteiger partial charge in [0.1, 0.15) is 5.75 Å². The van der Waals surface area contributed by atoms with Gasteiger partial charge in [-0.05, 0) is 30.9 Å². The molecule has 2 rings (SSSR count). The molecule has 1 unspecified atom stereocenters. The second-order valence-corrected chi connectivity index (χ2v) is 6.38. The van der Waals surface area contributed by atoms with Gasteiger partial charge in [0.15, 0.2) is 0 Å². The van der Waals surface area contributed by atoms with E-state index >= 15 is 0 Å². The number of ether oxygens (including phenoxy) is 1. The van der Waals surface area contributed by atoms with Crippen LogP contribution in [0.1, 0.15) is 63.0 Å². The molecule has 2 N–H and O–H groups in total. The molecule has 0 amide bonds. The molecule has 1 aliphatic heterocycles. The average molecular weight is 306 g/mol. The lowest BCUT2D eigenvalue weighted by molar-refractivity contribution is -0.136. The minimum atomic E-state index is -0.830. The summed E-state index contributed by atoms with van der Waals surface area (Å²) in [4.78, 5) is 10.9. The summed E-state index contributed by atoms with van der Waals surface area (Å²) in [5, 5.41) is 19.8. The number of carbonyl (C=O) groups is 1. The quantitative estimate of drug-likeness (QED) is 0.771. The fourth-order valence-electron chi connectivity index (χ4n) is 3.50. The Hall–Kier alpha value is -1.55. The van der Waals surface area contributed by atoms with Crippen molar-refractivity contribution in [2.75, 3.05) is 6.61 Å². The van der Waals surface area contributed by atoms with E-state index in [9.17, 15) is 9.90 Å². The first-order chi connectivity index (χ1) is 10.5. The summed E-state index contributed by atoms with van der Waals surface area (Å²) < 4.78 is 5.71. The number of benzene rings is 1. The number of carboxylic acid groups (broad SMARTS) is 1. The Morgan fingerprint density at radius 1 is 1.32 bits per heavy atom. The molecule has 4 nitrogen and oxygen atoms in total. The SMILES string of the molecule is CCCC(O)(CCC)CC1COc2ccc(CC(=O)O)cc21. The molecule has 0 aliphatic carbocycles. The van der Waals surface area contributed by atoms with Crippen LogP contribution in [0.15, 0.2) is 18.2 Å². The van der Waals surface area contributed by atoms with Crippen molar-refractivity contribution in [3.05, 3.63) is 29.3 Å². The zero-order chi connectivity index (χ0) is 16.2. The number of aliphatic carboxylic acids is 1. The van der Waals surface area contributed by atoms with E-state index in [0.717, 1.165) is 42.6 Å². The number of carboxylic acids is 1. The van der Waals surface area contributed by atoms with E-state index in [1.54, 1.807) is 6.07 Å². The van der Waals surface area contributed by atoms with E-state index in [1.807, 2.05) is 12.1 Å². The van der Waals surface area contributed by atoms with Crippen LogP contribution in [0.3, 0.4) is 0 Å². The van der Waals surface area contributed by atoms with Gasteiger partial charge in [-0.2, -0.15) is 0 Å². The normalized spacial score (nSPS) is 17.1. The highest BCUT2D eigenvalue weighted by Crippen LogP contribution is 2.41. The standard InChI is InChI=1S/C18H26O4/c1-3-7-18(21,8-4-2)11-14-12-22-16-6-5-13(9-15(14)16)10-17(19)20/h5-6,9,14,21H,3-4,7-8,10-12H2,1-2H3,(H,19,20). The lowest BCUT2D eigenvalue weighted by Crippen LogP contribution is -2.31. The molecular weight excluding hydrogens is 280 g/mol. The molecule has 1 aliphatic rings. The van der Waals surface area contributed by atoms with E-state index in [0.29, 0.717) is 13.0 Å². The van der Waals surface area contributed by atoms with Gasteiger partial charge in [0.05, 0.1) is 18.6 Å². The highest BCUT2D eigenvalue weighted by Gasteiger charge is 2.34. The van der Waals surface area contributed by atoms with E-state index < -0.39 is 11.6 Å². The van der Waals surface area contributed by atoms with Crippen molar-refractivity contribution < 1.29 is 19.7 Å². The summed E-state index contributed by atoms with van der Waals surface area (Å²) in [5.41, 5.74) is 1.18. The molecule has 0 saturated heterocycles. The fourth-order valence-corrected chi connectivity index (χ4v) is 3.50. The molecule has 1 aromatic carbocycles. The van der Waals surface area contributed by atoms with Gasteiger partial charge in [0.25, 0.3) is 0 Å². The minimum Gasteiger partial charge on any atom is -0.493 e. The maximum atomic E-state index is 10.9. The zero-order valence-electron chi connectivity index (χ0n) is 13.5. The molecule has 0 radical (unpaired) electrons. The second kappa shape index (κ2) is 7.14. The Balaban J connectivity index is 2.17. The van der Waals surface area contributed by atoms with Crippen molar-refractivity contribution in [3.8, 4) is 5.75 Å². The van der Waals surface area contributed by atoms with Gasteiger partial charge in [-0.3, -0.25) is 4.79 Å². The molecule has 22 heavy (non-hydrogen) atoms. The van der Waals surface area contributed by atoms with Gasteiger partial charge in [-0.1, -0.05) is 38.8 Å². The molecule has 0 spiro atoms. The molecule has 1 atom stereocenters. The van der Waals surface area contributed by atoms with Crippen molar-refractivity contribution in [1.82, 2.24) is 0 Å². The van der Waals surface area contributed by atoms with E-state index in [1.165, 1.54) is 0 Å². The van der Waals surface area contributed by atoms with E-state index in [2.05, 4.69) is 13.8 Å². The number of hydrogen-bond donors (Lipinski definition) is 2. The predicted octanol–water partition coefficient (Wildman–Crippen LogP) is 3.51. The van der Waals surface area contributed by atoms with Gasteiger partial charge >= 0.3 is 5.97 Å². The fraction of sp³-hybridized carbons (Fsp3) is 0.611. The highest BCUT2D eigenvalue weighted by molar-refractivity contribution is 5.70. The predicted molar refractivity (Wildman–Crippen MR) is 85.4 cm³/mol. The molecule has 1 aromatic rings. The summed E-state index contributed by atoms with van der Waals surface area (Å²) in [6.45, 7) is 4.75. The topological polar surface area (TPSA) is 66.8 Å². The van der Waals surface area contributed by atoms with Crippen molar-refractivity contribution in [1.29, 1.82) is 0 Å². The number of fused-ring (bicyclic) bond motifs is 1. The largest absolute Gasteiger partial charge is 0.493 e. The van der Waals surface area contributed by atoms with Crippen molar-refractivity contribution in [2.24, 2.45) is 0 Å². The number of hydrogen-bond acceptors (Lipinski definition) is 3. The van der Waals surface area contributed by atoms with E-state index in [4.69, 9.17) is 9.84 Å². The lowest BCUT2D eigenvalue weighted by Gasteiger charge is -2.30. The van der Waals surface area contributed by atoms with Crippen LogP contribution in [-0.4, -0.2) is 28.4 Å². The first-order valence-corrected chi connectivity index (χ1v) is 8.17. The zero-order valence-corrected chi connectivity index (χ0v) is 13.5. The summed E-state index contributed by atoms with van der Waals surface area (Å²) in [7, 11) is 0. The van der Waals surface area contributed by atoms with Crippen LogP contribution in [0.4, 0.5) is 0 Å². The second-order valence-electron chi connectivity index (χ2n) is 6.38. The summed E-state index contributed by atoms with van der Waals surface area (Å²) in [6, 6.07) is 5.59. The monoisotopic (exact) mass is 306 g/mol. The van der Waals surface area contributed by atoms with Gasteiger partial charge in [-0.15, -0.1) is 0 Å². The van der Waals surface area contributed by atoms with Crippen molar-refractivity contribution in [2.45, 2.75) is 63.9 Å². The van der Waals surface area contributed by atoms with Crippen molar-refractivity contribution >= 4 is 5.97 Å². The smallest absolute Gasteiger partial charge is 0.307 e. The first kappa shape index (κ1) is 16.8. The molecule has 4 heteroatoms. The molecule has 0 bridgehead atoms. The Labute approximate surface area is 132 Å². The summed E-state index contributed by atoms with van der Waals surface area (Å²) >= 11 is 0.